The van der Waals surface area contributed by atoms with Crippen LogP contribution in [0.5, 0.6) is 0 Å². The number of carbonyl (C=O) groups is 1. The summed E-state index contributed by atoms with van der Waals surface area (Å²) in [6, 6.07) is 10.5. The number of carbonyl (C=O) groups excluding carboxylic acids is 1. The topological polar surface area (TPSA) is 29.5 Å². The van der Waals surface area contributed by atoms with E-state index in [0.29, 0.717) is 0 Å². The van der Waals surface area contributed by atoms with Crippen molar-refractivity contribution >= 4 is 33.7 Å². The van der Waals surface area contributed by atoms with Crippen LogP contribution >= 0.6 is 0 Å². The van der Waals surface area contributed by atoms with Crippen LogP contribution in [0.1, 0.15) is 88.3 Å². The summed E-state index contributed by atoms with van der Waals surface area (Å²) in [5.74, 6) is -0.117. The van der Waals surface area contributed by atoms with Crippen molar-refractivity contribution in [2.75, 3.05) is 13.6 Å². The third-order valence-electron chi connectivity index (χ3n) is 3.79. The van der Waals surface area contributed by atoms with E-state index in [-0.39, 0.29) is 26.9 Å². The molecule has 2 heterocycles. The van der Waals surface area contributed by atoms with E-state index < -0.39 is 5.60 Å². The first kappa shape index (κ1) is 40.0. The molecule has 175 valence electrons. The predicted octanol–water partition coefficient (Wildman–Crippen LogP) is 6.49. The molecule has 3 nitrogen and oxygen atoms in total. The molecule has 30 heavy (non-hydrogen) atoms. The van der Waals surface area contributed by atoms with Crippen molar-refractivity contribution in [2.24, 2.45) is 0 Å². The van der Waals surface area contributed by atoms with Gasteiger partial charge in [0.15, 0.2) is 0 Å². The molecule has 1 saturated heterocycles. The van der Waals surface area contributed by atoms with Crippen molar-refractivity contribution in [3.8, 4) is 0 Å². The molecule has 0 N–H and O–H groups in total. The van der Waals surface area contributed by atoms with E-state index in [9.17, 15) is 4.79 Å². The van der Waals surface area contributed by atoms with E-state index in [1.54, 1.807) is 0 Å². The molecule has 5 heteroatoms. The Kier molecular flexibility index (Phi) is 33.3. The zero-order valence-electron chi connectivity index (χ0n) is 19.5. The van der Waals surface area contributed by atoms with Gasteiger partial charge in [-0.05, 0) is 0 Å². The van der Waals surface area contributed by atoms with Crippen LogP contribution in [-0.4, -0.2) is 57.8 Å². The first-order valence-electron chi connectivity index (χ1n) is 10.4. The number of hydrogen-bond acceptors (Lipinski definition) is 3. The Morgan fingerprint density at radius 2 is 1.43 bits per heavy atom. The van der Waals surface area contributed by atoms with Crippen LogP contribution in [0.15, 0.2) is 40.0 Å². The zero-order valence-corrected chi connectivity index (χ0v) is 24.1. The van der Waals surface area contributed by atoms with Gasteiger partial charge in [0.25, 0.3) is 0 Å². The quantitative estimate of drug-likeness (QED) is 0.288. The second-order valence-corrected chi connectivity index (χ2v) is 6.76. The van der Waals surface area contributed by atoms with Gasteiger partial charge in [-0.1, -0.05) is 70.2 Å². The van der Waals surface area contributed by atoms with Crippen LogP contribution in [0.25, 0.3) is 0 Å². The number of likely N-dealkylation sites (tertiary alicyclic amines) is 1. The van der Waals surface area contributed by atoms with Crippen LogP contribution < -0.4 is 0 Å². The zero-order chi connectivity index (χ0) is 22.8. The van der Waals surface area contributed by atoms with Gasteiger partial charge in [-0.25, -0.2) is 0 Å². The summed E-state index contributed by atoms with van der Waals surface area (Å²) in [6.45, 7) is 17.0. The minimum atomic E-state index is -0.429. The van der Waals surface area contributed by atoms with Gasteiger partial charge in [0, 0.05) is 0 Å². The number of esters is 1. The fourth-order valence-electron chi connectivity index (χ4n) is 3.00. The van der Waals surface area contributed by atoms with Gasteiger partial charge in [-0.15, -0.1) is 0 Å². The van der Waals surface area contributed by atoms with Gasteiger partial charge in [0.2, 0.25) is 0 Å². The molecule has 2 unspecified atom stereocenters. The Morgan fingerprint density at radius 3 is 1.80 bits per heavy atom. The fourth-order valence-corrected chi connectivity index (χ4v) is 3.98. The van der Waals surface area contributed by atoms with Gasteiger partial charge in [0.05, 0.1) is 0 Å². The molecule has 3 rings (SSSR count). The molecule has 0 aliphatic carbocycles. The summed E-state index contributed by atoms with van der Waals surface area (Å²) >= 11 is 2.89. The monoisotopic (exact) mass is 566 g/mol. The average molecular weight is 565 g/mol. The van der Waals surface area contributed by atoms with E-state index in [1.165, 1.54) is 5.56 Å². The molecule has 2 aliphatic heterocycles. The molecule has 0 aromatic heterocycles. The predicted molar refractivity (Wildman–Crippen MR) is 136 cm³/mol. The summed E-state index contributed by atoms with van der Waals surface area (Å²) in [5.41, 5.74) is 0.791. The number of benzene rings is 1. The summed E-state index contributed by atoms with van der Waals surface area (Å²) in [6.07, 6.45) is 2.96. The first-order chi connectivity index (χ1) is 13.6. The van der Waals surface area contributed by atoms with Crippen LogP contribution in [0.4, 0.5) is 0 Å². The van der Waals surface area contributed by atoms with Gasteiger partial charge in [-0.3, -0.25) is 0 Å². The Bertz CT molecular complexity index is 537. The molecule has 2 atom stereocenters. The molecule has 0 bridgehead atoms. The molecule has 1 aromatic carbocycles. The van der Waals surface area contributed by atoms with Gasteiger partial charge >= 0.3 is 142 Å². The van der Waals surface area contributed by atoms with Crippen molar-refractivity contribution in [1.82, 2.24) is 4.90 Å². The van der Waals surface area contributed by atoms with E-state index in [4.69, 9.17) is 4.74 Å². The number of ether oxygens (including phenoxy) is 1. The standard InChI is InChI=1S/C14H14NO2.4C2H6.2CH4.CH2.Sn.V.H/c1-15-10-9-14(8-7-12(16)17-14)13(15)11-5-3-2-4-6-11;4*1-2;;;;;;/h2-6,8,13H,9-10H2,1H3;4*1-2H3;2*1H4;1H2;;;. The third kappa shape index (κ3) is 11.3. The summed E-state index contributed by atoms with van der Waals surface area (Å²) < 4.78 is 6.58. The maximum atomic E-state index is 11.7. The molecular weight excluding hydrogens is 516 g/mol. The number of rotatable bonds is 1. The SMILES string of the molecule is C.C.CC.CC.CC.CC.CN1CCC2(C=[C]([SnH])C(=O)O2)C1c1ccccc1.[CH2]=[V]. The first-order valence-corrected chi connectivity index (χ1v) is 13.0. The van der Waals surface area contributed by atoms with E-state index in [1.807, 2.05) is 73.6 Å². The van der Waals surface area contributed by atoms with Crippen LogP contribution in [0, 0.1) is 0 Å². The van der Waals surface area contributed by atoms with Gasteiger partial charge in [-0.2, -0.15) is 0 Å². The Labute approximate surface area is 211 Å². The molecule has 1 fully saturated rings. The summed E-state index contributed by atoms with van der Waals surface area (Å²) in [4.78, 5) is 14.0. The van der Waals surface area contributed by atoms with E-state index >= 15 is 0 Å². The van der Waals surface area contributed by atoms with Gasteiger partial charge in [0.1, 0.15) is 0 Å². The summed E-state index contributed by atoms with van der Waals surface area (Å²) in [5, 5.41) is 3.19. The number of hydrogen-bond donors (Lipinski definition) is 0. The van der Waals surface area contributed by atoms with E-state index in [0.717, 1.165) is 39.1 Å². The molecule has 0 amide bonds. The molecule has 2 radical (unpaired) electrons. The Hall–Kier alpha value is -0.357. The van der Waals surface area contributed by atoms with Crippen molar-refractivity contribution in [2.45, 2.75) is 88.3 Å². The molecule has 1 aromatic rings. The minimum absolute atomic E-state index is 0. The van der Waals surface area contributed by atoms with Crippen molar-refractivity contribution in [1.29, 1.82) is 0 Å². The molecular formula is C25H49NO2SnV. The van der Waals surface area contributed by atoms with Crippen LogP contribution in [0.2, 0.25) is 0 Å². The van der Waals surface area contributed by atoms with Crippen LogP contribution in [0.3, 0.4) is 0 Å². The Balaban J connectivity index is -0.000000154. The summed E-state index contributed by atoms with van der Waals surface area (Å²) in [7, 11) is 2.10. The van der Waals surface area contributed by atoms with Gasteiger partial charge < -0.3 is 0 Å². The third-order valence-corrected chi connectivity index (χ3v) is 4.94. The van der Waals surface area contributed by atoms with E-state index in [2.05, 4.69) is 52.4 Å². The number of likely N-dealkylation sites (N-methyl/N-ethyl adjacent to an activating group) is 1. The van der Waals surface area contributed by atoms with Crippen molar-refractivity contribution in [3.63, 3.8) is 0 Å². The fraction of sp³-hybridized carbons (Fsp3) is 0.600. The Morgan fingerprint density at radius 1 is 1.00 bits per heavy atom. The number of nitrogens with zero attached hydrogens (tertiary/aromatic N) is 1. The van der Waals surface area contributed by atoms with Crippen molar-refractivity contribution < 1.29 is 26.5 Å². The second kappa shape index (κ2) is 24.9. The van der Waals surface area contributed by atoms with Crippen molar-refractivity contribution in [3.05, 3.63) is 45.6 Å². The normalized spacial score (nSPS) is 20.0. The molecule has 2 aliphatic rings. The average Bonchev–Trinajstić information content (AvgIpc) is 3.26. The molecule has 1 spiro atoms. The molecule has 0 saturated carbocycles. The van der Waals surface area contributed by atoms with Crippen LogP contribution in [-0.2, 0) is 26.5 Å². The second-order valence-electron chi connectivity index (χ2n) is 4.99. The maximum absolute atomic E-state index is 11.7.